The molecular formula is C23H23FN2O3S. The smallest absolute Gasteiger partial charge is 0.243 e. The molecule has 0 unspecified atom stereocenters. The Morgan fingerprint density at radius 3 is 2.10 bits per heavy atom. The summed E-state index contributed by atoms with van der Waals surface area (Å²) in [6.07, 6.45) is 0. The van der Waals surface area contributed by atoms with Gasteiger partial charge in [-0.1, -0.05) is 48.0 Å². The van der Waals surface area contributed by atoms with E-state index in [1.807, 2.05) is 61.5 Å². The molecule has 0 saturated heterocycles. The molecule has 0 aliphatic rings. The summed E-state index contributed by atoms with van der Waals surface area (Å²) in [6.45, 7) is 1.92. The number of anilines is 1. The molecular weight excluding hydrogens is 403 g/mol. The van der Waals surface area contributed by atoms with E-state index < -0.39 is 15.8 Å². The summed E-state index contributed by atoms with van der Waals surface area (Å²) in [6, 6.07) is 21.5. The molecule has 0 saturated carbocycles. The van der Waals surface area contributed by atoms with Gasteiger partial charge in [-0.25, -0.2) is 12.8 Å². The number of carbonyl (C=O) groups is 1. The lowest BCUT2D eigenvalue weighted by Gasteiger charge is -2.26. The largest absolute Gasteiger partial charge is 0.307 e. The number of sulfonamides is 1. The molecule has 0 radical (unpaired) electrons. The highest BCUT2D eigenvalue weighted by atomic mass is 32.2. The normalized spacial score (nSPS) is 11.5. The molecule has 0 aliphatic carbocycles. The maximum Gasteiger partial charge on any atom is 0.243 e. The highest BCUT2D eigenvalue weighted by molar-refractivity contribution is 7.89. The van der Waals surface area contributed by atoms with E-state index >= 15 is 0 Å². The zero-order valence-electron chi connectivity index (χ0n) is 16.8. The summed E-state index contributed by atoms with van der Waals surface area (Å²) in [7, 11) is -2.59. The fourth-order valence-electron chi connectivity index (χ4n) is 2.96. The molecule has 0 atom stereocenters. The Labute approximate surface area is 176 Å². The van der Waals surface area contributed by atoms with Gasteiger partial charge in [-0.3, -0.25) is 4.79 Å². The number of likely N-dealkylation sites (N-methyl/N-ethyl adjacent to an activating group) is 1. The first-order valence-corrected chi connectivity index (χ1v) is 10.8. The minimum atomic E-state index is -3.93. The zero-order chi connectivity index (χ0) is 21.7. The maximum absolute atomic E-state index is 13.1. The first-order chi connectivity index (χ1) is 14.3. The molecule has 30 heavy (non-hydrogen) atoms. The van der Waals surface area contributed by atoms with Crippen molar-refractivity contribution < 1.29 is 17.6 Å². The van der Waals surface area contributed by atoms with Crippen molar-refractivity contribution >= 4 is 21.6 Å². The quantitative estimate of drug-likeness (QED) is 0.574. The molecule has 0 aromatic heterocycles. The number of carbonyl (C=O) groups excluding carboxylic acids is 1. The fraction of sp³-hybridized carbons (Fsp3) is 0.174. The van der Waals surface area contributed by atoms with Crippen LogP contribution in [0.3, 0.4) is 0 Å². The lowest BCUT2D eigenvalue weighted by atomic mass is 10.1. The maximum atomic E-state index is 13.1. The highest BCUT2D eigenvalue weighted by Gasteiger charge is 2.26. The second-order valence-electron chi connectivity index (χ2n) is 7.02. The monoisotopic (exact) mass is 426 g/mol. The van der Waals surface area contributed by atoms with Crippen molar-refractivity contribution in [3.8, 4) is 0 Å². The highest BCUT2D eigenvalue weighted by Crippen LogP contribution is 2.20. The third-order valence-corrected chi connectivity index (χ3v) is 6.53. The molecule has 0 aliphatic heterocycles. The van der Waals surface area contributed by atoms with Gasteiger partial charge in [0.05, 0.1) is 18.0 Å². The lowest BCUT2D eigenvalue weighted by Crippen LogP contribution is -2.41. The van der Waals surface area contributed by atoms with E-state index in [1.54, 1.807) is 4.90 Å². The van der Waals surface area contributed by atoms with Crippen molar-refractivity contribution in [1.82, 2.24) is 4.31 Å². The predicted molar refractivity (Wildman–Crippen MR) is 115 cm³/mol. The van der Waals surface area contributed by atoms with Gasteiger partial charge in [-0.15, -0.1) is 0 Å². The van der Waals surface area contributed by atoms with Gasteiger partial charge in [0.2, 0.25) is 15.9 Å². The van der Waals surface area contributed by atoms with Gasteiger partial charge in [0, 0.05) is 12.7 Å². The number of hydrogen-bond donors (Lipinski definition) is 0. The van der Waals surface area contributed by atoms with Gasteiger partial charge in [0.25, 0.3) is 0 Å². The summed E-state index contributed by atoms with van der Waals surface area (Å²) in [5, 5.41) is 0. The van der Waals surface area contributed by atoms with Crippen LogP contribution in [0.15, 0.2) is 83.8 Å². The zero-order valence-corrected chi connectivity index (χ0v) is 17.6. The van der Waals surface area contributed by atoms with E-state index in [0.29, 0.717) is 12.2 Å². The Bertz CT molecular complexity index is 1100. The van der Waals surface area contributed by atoms with E-state index in [2.05, 4.69) is 0 Å². The van der Waals surface area contributed by atoms with E-state index in [-0.39, 0.29) is 17.3 Å². The van der Waals surface area contributed by atoms with Crippen LogP contribution in [0.4, 0.5) is 10.1 Å². The van der Waals surface area contributed by atoms with Crippen LogP contribution >= 0.6 is 0 Å². The Morgan fingerprint density at radius 1 is 0.900 bits per heavy atom. The Hall–Kier alpha value is -3.03. The Kier molecular flexibility index (Phi) is 6.64. The van der Waals surface area contributed by atoms with Gasteiger partial charge < -0.3 is 4.90 Å². The van der Waals surface area contributed by atoms with Crippen LogP contribution < -0.4 is 4.90 Å². The molecule has 0 N–H and O–H groups in total. The van der Waals surface area contributed by atoms with Crippen molar-refractivity contribution in [1.29, 1.82) is 0 Å². The van der Waals surface area contributed by atoms with Crippen LogP contribution in [0.5, 0.6) is 0 Å². The molecule has 3 aromatic carbocycles. The minimum Gasteiger partial charge on any atom is -0.307 e. The summed E-state index contributed by atoms with van der Waals surface area (Å²) in [4.78, 5) is 14.6. The average Bonchev–Trinajstić information content (AvgIpc) is 2.73. The number of halogens is 1. The summed E-state index contributed by atoms with van der Waals surface area (Å²) in [5.41, 5.74) is 2.67. The number of amides is 1. The van der Waals surface area contributed by atoms with Gasteiger partial charge in [-0.2, -0.15) is 4.31 Å². The van der Waals surface area contributed by atoms with E-state index in [4.69, 9.17) is 0 Å². The van der Waals surface area contributed by atoms with Crippen LogP contribution in [0.1, 0.15) is 11.1 Å². The third-order valence-electron chi connectivity index (χ3n) is 4.71. The fourth-order valence-corrected chi connectivity index (χ4v) is 4.08. The van der Waals surface area contributed by atoms with Crippen LogP contribution in [0, 0.1) is 12.7 Å². The first kappa shape index (κ1) is 21.7. The molecule has 0 spiro atoms. The summed E-state index contributed by atoms with van der Waals surface area (Å²) >= 11 is 0. The Morgan fingerprint density at radius 2 is 1.50 bits per heavy atom. The minimum absolute atomic E-state index is 0.0656. The average molecular weight is 427 g/mol. The predicted octanol–water partition coefficient (Wildman–Crippen LogP) is 3.99. The first-order valence-electron chi connectivity index (χ1n) is 9.40. The topological polar surface area (TPSA) is 57.7 Å². The van der Waals surface area contributed by atoms with Crippen LogP contribution in [0.25, 0.3) is 0 Å². The Balaban J connectivity index is 1.85. The number of nitrogens with zero attached hydrogens (tertiary/aromatic N) is 2. The molecule has 7 heteroatoms. The number of benzene rings is 3. The van der Waals surface area contributed by atoms with Crippen LogP contribution in [0.2, 0.25) is 0 Å². The second-order valence-corrected chi connectivity index (χ2v) is 9.06. The summed E-state index contributed by atoms with van der Waals surface area (Å²) < 4.78 is 39.7. The van der Waals surface area contributed by atoms with Gasteiger partial charge >= 0.3 is 0 Å². The number of rotatable bonds is 7. The van der Waals surface area contributed by atoms with Crippen LogP contribution in [-0.2, 0) is 21.4 Å². The third kappa shape index (κ3) is 5.11. The van der Waals surface area contributed by atoms with E-state index in [9.17, 15) is 17.6 Å². The molecule has 0 heterocycles. The van der Waals surface area contributed by atoms with E-state index in [1.165, 1.54) is 19.2 Å². The molecule has 1 amide bonds. The van der Waals surface area contributed by atoms with Crippen molar-refractivity contribution in [2.45, 2.75) is 18.4 Å². The molecule has 5 nitrogen and oxygen atoms in total. The van der Waals surface area contributed by atoms with Crippen molar-refractivity contribution in [3.05, 3.63) is 95.8 Å². The molecule has 0 bridgehead atoms. The van der Waals surface area contributed by atoms with Crippen molar-refractivity contribution in [2.75, 3.05) is 18.5 Å². The van der Waals surface area contributed by atoms with Gasteiger partial charge in [0.15, 0.2) is 0 Å². The van der Waals surface area contributed by atoms with E-state index in [0.717, 1.165) is 27.6 Å². The lowest BCUT2D eigenvalue weighted by molar-refractivity contribution is -0.118. The number of aryl methyl sites for hydroxylation is 1. The number of hydrogen-bond acceptors (Lipinski definition) is 3. The van der Waals surface area contributed by atoms with Gasteiger partial charge in [0.1, 0.15) is 5.82 Å². The molecule has 0 fully saturated rings. The summed E-state index contributed by atoms with van der Waals surface area (Å²) in [5.74, 6) is -0.892. The standard InChI is InChI=1S/C23H23FN2O3S/c1-18-8-12-21(13-9-18)26(16-19-6-4-3-5-7-19)23(27)17-25(2)30(28,29)22-14-10-20(24)11-15-22/h3-15H,16-17H2,1-2H3. The van der Waals surface area contributed by atoms with Crippen LogP contribution in [-0.4, -0.2) is 32.2 Å². The van der Waals surface area contributed by atoms with Gasteiger partial charge in [-0.05, 0) is 48.9 Å². The SMILES string of the molecule is Cc1ccc(N(Cc2ccccc2)C(=O)CN(C)S(=O)(=O)c2ccc(F)cc2)cc1. The molecule has 3 aromatic rings. The molecule has 156 valence electrons. The molecule has 3 rings (SSSR count). The second kappa shape index (κ2) is 9.19. The van der Waals surface area contributed by atoms with Crippen molar-refractivity contribution in [3.63, 3.8) is 0 Å². The van der Waals surface area contributed by atoms with Crippen molar-refractivity contribution in [2.24, 2.45) is 0 Å².